The van der Waals surface area contributed by atoms with E-state index in [1.807, 2.05) is 17.5 Å². The van der Waals surface area contributed by atoms with Crippen molar-refractivity contribution in [2.24, 2.45) is 0 Å². The van der Waals surface area contributed by atoms with E-state index in [1.54, 1.807) is 11.8 Å². The Morgan fingerprint density at radius 1 is 1.26 bits per heavy atom. The van der Waals surface area contributed by atoms with Gasteiger partial charge in [0.15, 0.2) is 0 Å². The van der Waals surface area contributed by atoms with Gasteiger partial charge in [-0.05, 0) is 49.8 Å². The first-order chi connectivity index (χ1) is 13.0. The average Bonchev–Trinajstić information content (AvgIpc) is 3.29. The summed E-state index contributed by atoms with van der Waals surface area (Å²) in [7, 11) is 0. The third-order valence-electron chi connectivity index (χ3n) is 4.74. The SMILES string of the molecule is CC(Cc1c(F)cccc1F)NC(=O)C1CCCN1C(=O)Cc1cccs1. The van der Waals surface area contributed by atoms with Crippen LogP contribution >= 0.6 is 11.3 Å². The Bertz CT molecular complexity index is 790. The zero-order valence-corrected chi connectivity index (χ0v) is 15.9. The van der Waals surface area contributed by atoms with Crippen molar-refractivity contribution in [1.29, 1.82) is 0 Å². The molecule has 1 saturated heterocycles. The summed E-state index contributed by atoms with van der Waals surface area (Å²) >= 11 is 1.52. The normalized spacial score (nSPS) is 17.7. The fourth-order valence-corrected chi connectivity index (χ4v) is 4.12. The smallest absolute Gasteiger partial charge is 0.243 e. The van der Waals surface area contributed by atoms with Gasteiger partial charge in [0.25, 0.3) is 0 Å². The Hall–Kier alpha value is -2.28. The predicted octanol–water partition coefficient (Wildman–Crippen LogP) is 3.31. The van der Waals surface area contributed by atoms with Crippen LogP contribution in [0, 0.1) is 11.6 Å². The van der Waals surface area contributed by atoms with Crippen LogP contribution in [0.15, 0.2) is 35.7 Å². The number of carbonyl (C=O) groups is 2. The summed E-state index contributed by atoms with van der Waals surface area (Å²) < 4.78 is 27.6. The number of nitrogens with zero attached hydrogens (tertiary/aromatic N) is 1. The predicted molar refractivity (Wildman–Crippen MR) is 100 cm³/mol. The highest BCUT2D eigenvalue weighted by Crippen LogP contribution is 2.21. The molecule has 0 radical (unpaired) electrons. The minimum Gasteiger partial charge on any atom is -0.352 e. The molecule has 1 fully saturated rings. The monoisotopic (exact) mass is 392 g/mol. The van der Waals surface area contributed by atoms with Crippen LogP contribution in [-0.2, 0) is 22.4 Å². The van der Waals surface area contributed by atoms with Gasteiger partial charge in [0.1, 0.15) is 17.7 Å². The molecule has 2 aromatic rings. The molecule has 4 nitrogen and oxygen atoms in total. The molecule has 2 heterocycles. The molecule has 3 rings (SSSR count). The van der Waals surface area contributed by atoms with Gasteiger partial charge in [0.05, 0.1) is 6.42 Å². The lowest BCUT2D eigenvalue weighted by molar-refractivity contribution is -0.138. The van der Waals surface area contributed by atoms with Gasteiger partial charge in [0, 0.05) is 23.0 Å². The van der Waals surface area contributed by atoms with Crippen molar-refractivity contribution >= 4 is 23.2 Å². The summed E-state index contributed by atoms with van der Waals surface area (Å²) in [6.45, 7) is 2.26. The highest BCUT2D eigenvalue weighted by molar-refractivity contribution is 7.10. The van der Waals surface area contributed by atoms with Crippen molar-refractivity contribution in [1.82, 2.24) is 10.2 Å². The number of likely N-dealkylation sites (tertiary alicyclic amines) is 1. The fraction of sp³-hybridized carbons (Fsp3) is 0.400. The number of rotatable bonds is 6. The van der Waals surface area contributed by atoms with Crippen LogP contribution in [0.3, 0.4) is 0 Å². The summed E-state index contributed by atoms with van der Waals surface area (Å²) in [6.07, 6.45) is 1.71. The maximum atomic E-state index is 13.8. The van der Waals surface area contributed by atoms with Gasteiger partial charge < -0.3 is 10.2 Å². The summed E-state index contributed by atoms with van der Waals surface area (Å²) in [5.74, 6) is -1.58. The van der Waals surface area contributed by atoms with Crippen LogP contribution in [0.5, 0.6) is 0 Å². The molecule has 1 aliphatic heterocycles. The number of benzene rings is 1. The Kier molecular flexibility index (Phi) is 6.21. The van der Waals surface area contributed by atoms with Crippen molar-refractivity contribution < 1.29 is 18.4 Å². The summed E-state index contributed by atoms with van der Waals surface area (Å²) in [4.78, 5) is 27.8. The number of thiophene rings is 1. The zero-order chi connectivity index (χ0) is 19.4. The number of hydrogen-bond acceptors (Lipinski definition) is 3. The van der Waals surface area contributed by atoms with Crippen LogP contribution in [0.1, 0.15) is 30.2 Å². The molecular weight excluding hydrogens is 370 g/mol. The quantitative estimate of drug-likeness (QED) is 0.820. The fourth-order valence-electron chi connectivity index (χ4n) is 3.43. The van der Waals surface area contributed by atoms with Crippen molar-refractivity contribution in [2.75, 3.05) is 6.54 Å². The first kappa shape index (κ1) is 19.5. The third kappa shape index (κ3) is 4.71. The Morgan fingerprint density at radius 2 is 2.00 bits per heavy atom. The van der Waals surface area contributed by atoms with E-state index in [2.05, 4.69) is 5.32 Å². The molecule has 2 amide bonds. The van der Waals surface area contributed by atoms with E-state index in [-0.39, 0.29) is 30.2 Å². The molecule has 0 saturated carbocycles. The van der Waals surface area contributed by atoms with Crippen LogP contribution in [0.4, 0.5) is 8.78 Å². The van der Waals surface area contributed by atoms with Gasteiger partial charge in [-0.15, -0.1) is 11.3 Å². The maximum Gasteiger partial charge on any atom is 0.243 e. The van der Waals surface area contributed by atoms with Gasteiger partial charge in [0.2, 0.25) is 11.8 Å². The van der Waals surface area contributed by atoms with Crippen LogP contribution < -0.4 is 5.32 Å². The van der Waals surface area contributed by atoms with Crippen molar-refractivity contribution in [3.05, 3.63) is 57.8 Å². The average molecular weight is 392 g/mol. The van der Waals surface area contributed by atoms with E-state index >= 15 is 0 Å². The lowest BCUT2D eigenvalue weighted by Gasteiger charge is -2.25. The number of hydrogen-bond donors (Lipinski definition) is 1. The minimum absolute atomic E-state index is 0.0395. The van der Waals surface area contributed by atoms with Gasteiger partial charge in [-0.2, -0.15) is 0 Å². The third-order valence-corrected chi connectivity index (χ3v) is 5.62. The number of carbonyl (C=O) groups excluding carboxylic acids is 2. The number of halogens is 2. The largest absolute Gasteiger partial charge is 0.352 e. The van der Waals surface area contributed by atoms with E-state index in [9.17, 15) is 18.4 Å². The van der Waals surface area contributed by atoms with Crippen molar-refractivity contribution in [3.63, 3.8) is 0 Å². The highest BCUT2D eigenvalue weighted by atomic mass is 32.1. The molecule has 0 spiro atoms. The molecule has 2 unspecified atom stereocenters. The Labute approximate surface area is 161 Å². The van der Waals surface area contributed by atoms with Crippen LogP contribution in [-0.4, -0.2) is 35.3 Å². The molecule has 0 bridgehead atoms. The van der Waals surface area contributed by atoms with Gasteiger partial charge in [-0.1, -0.05) is 12.1 Å². The summed E-state index contributed by atoms with van der Waals surface area (Å²) in [5, 5.41) is 4.72. The number of amides is 2. The molecule has 1 aromatic heterocycles. The first-order valence-electron chi connectivity index (χ1n) is 9.01. The molecule has 7 heteroatoms. The molecular formula is C20H22F2N2O2S. The lowest BCUT2D eigenvalue weighted by atomic mass is 10.1. The van der Waals surface area contributed by atoms with E-state index in [4.69, 9.17) is 0 Å². The van der Waals surface area contributed by atoms with Gasteiger partial charge >= 0.3 is 0 Å². The molecule has 27 heavy (non-hydrogen) atoms. The molecule has 1 N–H and O–H groups in total. The molecule has 144 valence electrons. The zero-order valence-electron chi connectivity index (χ0n) is 15.1. The Morgan fingerprint density at radius 3 is 2.67 bits per heavy atom. The Balaban J connectivity index is 1.60. The molecule has 1 aliphatic rings. The van der Waals surface area contributed by atoms with Crippen molar-refractivity contribution in [2.45, 2.75) is 44.7 Å². The topological polar surface area (TPSA) is 49.4 Å². The second-order valence-electron chi connectivity index (χ2n) is 6.82. The van der Waals surface area contributed by atoms with Gasteiger partial charge in [-0.3, -0.25) is 9.59 Å². The van der Waals surface area contributed by atoms with Gasteiger partial charge in [-0.25, -0.2) is 8.78 Å². The standard InChI is InChI=1S/C20H22F2N2O2S/c1-13(11-15-16(21)6-2-7-17(15)22)23-20(26)18-8-3-9-24(18)19(25)12-14-5-4-10-27-14/h2,4-7,10,13,18H,3,8-9,11-12H2,1H3,(H,23,26). The van der Waals surface area contributed by atoms with E-state index in [0.717, 1.165) is 11.3 Å². The number of nitrogens with one attached hydrogen (secondary N) is 1. The van der Waals surface area contributed by atoms with E-state index in [0.29, 0.717) is 13.0 Å². The second kappa shape index (κ2) is 8.61. The highest BCUT2D eigenvalue weighted by Gasteiger charge is 2.34. The minimum atomic E-state index is -0.621. The lowest BCUT2D eigenvalue weighted by Crippen LogP contribution is -2.49. The molecule has 1 aromatic carbocycles. The second-order valence-corrected chi connectivity index (χ2v) is 7.85. The summed E-state index contributed by atoms with van der Waals surface area (Å²) in [5.41, 5.74) is -0.0395. The van der Waals surface area contributed by atoms with Crippen LogP contribution in [0.25, 0.3) is 0 Å². The summed E-state index contributed by atoms with van der Waals surface area (Å²) in [6, 6.07) is 6.55. The maximum absolute atomic E-state index is 13.8. The molecule has 0 aliphatic carbocycles. The first-order valence-corrected chi connectivity index (χ1v) is 9.88. The van der Waals surface area contributed by atoms with Crippen LogP contribution in [0.2, 0.25) is 0 Å². The molecule has 2 atom stereocenters. The van der Waals surface area contributed by atoms with E-state index in [1.165, 1.54) is 29.5 Å². The van der Waals surface area contributed by atoms with Crippen molar-refractivity contribution in [3.8, 4) is 0 Å². The van der Waals surface area contributed by atoms with E-state index < -0.39 is 23.7 Å².